The molecule has 0 radical (unpaired) electrons. The number of nitrogens with zero attached hydrogens (tertiary/aromatic N) is 2. The van der Waals surface area contributed by atoms with Gasteiger partial charge in [0.25, 0.3) is 5.91 Å². The maximum Gasteiger partial charge on any atom is 0.339 e. The molecule has 0 aliphatic heterocycles. The highest BCUT2D eigenvalue weighted by molar-refractivity contribution is 6.03. The number of carbonyl (C=O) groups excluding carboxylic acids is 1. The second kappa shape index (κ2) is 6.51. The van der Waals surface area contributed by atoms with Crippen molar-refractivity contribution in [2.45, 2.75) is 19.8 Å². The maximum atomic E-state index is 12.4. The minimum absolute atomic E-state index is 0.0353. The Morgan fingerprint density at radius 3 is 2.52 bits per heavy atom. The van der Waals surface area contributed by atoms with Crippen LogP contribution in [0.4, 0.5) is 5.69 Å². The molecule has 1 amide bonds. The molecule has 2 rings (SSSR count). The van der Waals surface area contributed by atoms with Crippen LogP contribution in [0.3, 0.4) is 0 Å². The fourth-order valence-electron chi connectivity index (χ4n) is 2.12. The number of methoxy groups -OCH3 is 1. The molecule has 0 aliphatic rings. The third kappa shape index (κ3) is 3.50. The van der Waals surface area contributed by atoms with Gasteiger partial charge in [0, 0.05) is 18.8 Å². The summed E-state index contributed by atoms with van der Waals surface area (Å²) in [5.41, 5.74) is 1.74. The van der Waals surface area contributed by atoms with E-state index < -0.39 is 5.97 Å². The number of amides is 1. The lowest BCUT2D eigenvalue weighted by molar-refractivity contribution is 0.0693. The molecule has 7 heteroatoms. The Hall–Kier alpha value is -2.83. The molecule has 1 heterocycles. The van der Waals surface area contributed by atoms with Crippen LogP contribution in [0.5, 0.6) is 5.75 Å². The average Bonchev–Trinajstić information content (AvgIpc) is 2.89. The zero-order valence-electron chi connectivity index (χ0n) is 13.5. The number of anilines is 1. The van der Waals surface area contributed by atoms with Gasteiger partial charge < -0.3 is 15.2 Å². The first-order chi connectivity index (χ1) is 10.8. The summed E-state index contributed by atoms with van der Waals surface area (Å²) in [7, 11) is 3.08. The van der Waals surface area contributed by atoms with Gasteiger partial charge in [-0.15, -0.1) is 0 Å². The van der Waals surface area contributed by atoms with Crippen molar-refractivity contribution in [3.8, 4) is 5.75 Å². The molecule has 0 saturated heterocycles. The highest BCUT2D eigenvalue weighted by Crippen LogP contribution is 2.24. The van der Waals surface area contributed by atoms with Crippen molar-refractivity contribution in [1.29, 1.82) is 0 Å². The van der Waals surface area contributed by atoms with Gasteiger partial charge in [-0.05, 0) is 24.1 Å². The Bertz CT molecular complexity index is 750. The lowest BCUT2D eigenvalue weighted by Crippen LogP contribution is -2.16. The number of aryl methyl sites for hydroxylation is 1. The fraction of sp³-hybridized carbons (Fsp3) is 0.312. The van der Waals surface area contributed by atoms with E-state index in [4.69, 9.17) is 9.84 Å². The summed E-state index contributed by atoms with van der Waals surface area (Å²) in [6.07, 6.45) is 0. The van der Waals surface area contributed by atoms with E-state index in [1.165, 1.54) is 30.0 Å². The normalized spacial score (nSPS) is 10.7. The number of carboxylic acid groups (broad SMARTS) is 1. The van der Waals surface area contributed by atoms with Gasteiger partial charge >= 0.3 is 5.97 Å². The molecule has 0 aliphatic carbocycles. The van der Waals surface area contributed by atoms with Gasteiger partial charge in [-0.3, -0.25) is 9.48 Å². The standard InChI is InChI=1S/C16H19N3O4/c1-9(2)12-8-13(19(3)18-12)15(20)17-10-5-6-11(16(21)22)14(7-10)23-4/h5-9H,1-4H3,(H,17,20)(H,21,22). The van der Waals surface area contributed by atoms with E-state index in [0.717, 1.165) is 5.69 Å². The summed E-state index contributed by atoms with van der Waals surface area (Å²) >= 11 is 0. The molecule has 0 fully saturated rings. The lowest BCUT2D eigenvalue weighted by Gasteiger charge is -2.09. The molecule has 7 nitrogen and oxygen atoms in total. The van der Waals surface area contributed by atoms with Crippen LogP contribution in [0.15, 0.2) is 24.3 Å². The summed E-state index contributed by atoms with van der Waals surface area (Å²) < 4.78 is 6.57. The largest absolute Gasteiger partial charge is 0.496 e. The van der Waals surface area contributed by atoms with Crippen LogP contribution in [-0.4, -0.2) is 33.9 Å². The van der Waals surface area contributed by atoms with E-state index in [-0.39, 0.29) is 23.1 Å². The number of hydrogen-bond acceptors (Lipinski definition) is 4. The Balaban J connectivity index is 2.25. The molecule has 0 atom stereocenters. The molecule has 122 valence electrons. The van der Waals surface area contributed by atoms with Crippen molar-refractivity contribution >= 4 is 17.6 Å². The van der Waals surface area contributed by atoms with E-state index >= 15 is 0 Å². The average molecular weight is 317 g/mol. The smallest absolute Gasteiger partial charge is 0.339 e. The lowest BCUT2D eigenvalue weighted by atomic mass is 10.1. The first kappa shape index (κ1) is 16.5. The van der Waals surface area contributed by atoms with Crippen LogP contribution in [-0.2, 0) is 7.05 Å². The number of ether oxygens (including phenoxy) is 1. The number of benzene rings is 1. The van der Waals surface area contributed by atoms with Gasteiger partial charge in [-0.25, -0.2) is 4.79 Å². The van der Waals surface area contributed by atoms with Gasteiger partial charge in [-0.1, -0.05) is 13.8 Å². The van der Waals surface area contributed by atoms with Gasteiger partial charge in [0.1, 0.15) is 17.0 Å². The number of aromatic carboxylic acids is 1. The zero-order valence-corrected chi connectivity index (χ0v) is 13.5. The Labute approximate surface area is 133 Å². The first-order valence-corrected chi connectivity index (χ1v) is 7.10. The summed E-state index contributed by atoms with van der Waals surface area (Å²) in [5, 5.41) is 16.1. The van der Waals surface area contributed by atoms with Gasteiger partial charge in [0.2, 0.25) is 0 Å². The summed E-state index contributed by atoms with van der Waals surface area (Å²) in [6, 6.07) is 6.12. The first-order valence-electron chi connectivity index (χ1n) is 7.10. The van der Waals surface area contributed by atoms with Crippen molar-refractivity contribution in [3.63, 3.8) is 0 Å². The summed E-state index contributed by atoms with van der Waals surface area (Å²) in [4.78, 5) is 23.4. The van der Waals surface area contributed by atoms with E-state index in [0.29, 0.717) is 11.4 Å². The van der Waals surface area contributed by atoms with Gasteiger partial charge in [0.05, 0.1) is 12.8 Å². The minimum atomic E-state index is -1.09. The number of carboxylic acids is 1. The van der Waals surface area contributed by atoms with Crippen molar-refractivity contribution in [3.05, 3.63) is 41.2 Å². The molecule has 0 bridgehead atoms. The second-order valence-electron chi connectivity index (χ2n) is 5.41. The van der Waals surface area contributed by atoms with E-state index in [9.17, 15) is 9.59 Å². The number of aromatic nitrogens is 2. The van der Waals surface area contributed by atoms with Crippen molar-refractivity contribution < 1.29 is 19.4 Å². The second-order valence-corrected chi connectivity index (χ2v) is 5.41. The van der Waals surface area contributed by atoms with E-state index in [1.54, 1.807) is 13.1 Å². The van der Waals surface area contributed by atoms with Crippen LogP contribution in [0.1, 0.15) is 46.3 Å². The maximum absolute atomic E-state index is 12.4. The molecule has 2 aromatic rings. The molecule has 0 spiro atoms. The molecule has 23 heavy (non-hydrogen) atoms. The number of carbonyl (C=O) groups is 2. The highest BCUT2D eigenvalue weighted by Gasteiger charge is 2.17. The molecule has 1 aromatic heterocycles. The fourth-order valence-corrected chi connectivity index (χ4v) is 2.12. The number of rotatable bonds is 5. The van der Waals surface area contributed by atoms with Crippen molar-refractivity contribution in [2.75, 3.05) is 12.4 Å². The molecule has 0 unspecified atom stereocenters. The van der Waals surface area contributed by atoms with E-state index in [2.05, 4.69) is 10.4 Å². The highest BCUT2D eigenvalue weighted by atomic mass is 16.5. The van der Waals surface area contributed by atoms with Crippen molar-refractivity contribution in [1.82, 2.24) is 9.78 Å². The Morgan fingerprint density at radius 2 is 2.00 bits per heavy atom. The van der Waals surface area contributed by atoms with Crippen molar-refractivity contribution in [2.24, 2.45) is 7.05 Å². The molecule has 1 aromatic carbocycles. The van der Waals surface area contributed by atoms with E-state index in [1.807, 2.05) is 13.8 Å². The van der Waals surface area contributed by atoms with Crippen LogP contribution >= 0.6 is 0 Å². The molecular weight excluding hydrogens is 298 g/mol. The molecule has 2 N–H and O–H groups in total. The molecule has 0 saturated carbocycles. The Morgan fingerprint density at radius 1 is 1.30 bits per heavy atom. The predicted octanol–water partition coefficient (Wildman–Crippen LogP) is 2.50. The zero-order chi connectivity index (χ0) is 17.1. The Kier molecular flexibility index (Phi) is 4.68. The number of nitrogens with one attached hydrogen (secondary N) is 1. The molecular formula is C16H19N3O4. The van der Waals surface area contributed by atoms with Crippen LogP contribution < -0.4 is 10.1 Å². The third-order valence-electron chi connectivity index (χ3n) is 3.41. The topological polar surface area (TPSA) is 93.5 Å². The van der Waals surface area contributed by atoms with Crippen LogP contribution in [0.25, 0.3) is 0 Å². The predicted molar refractivity (Wildman–Crippen MR) is 85.2 cm³/mol. The van der Waals surface area contributed by atoms with Crippen LogP contribution in [0, 0.1) is 0 Å². The van der Waals surface area contributed by atoms with Gasteiger partial charge in [0.15, 0.2) is 0 Å². The van der Waals surface area contributed by atoms with Crippen LogP contribution in [0.2, 0.25) is 0 Å². The SMILES string of the molecule is COc1cc(NC(=O)c2cc(C(C)C)nn2C)ccc1C(=O)O. The van der Waals surface area contributed by atoms with Gasteiger partial charge in [-0.2, -0.15) is 5.10 Å². The third-order valence-corrected chi connectivity index (χ3v) is 3.41. The minimum Gasteiger partial charge on any atom is -0.496 e. The number of hydrogen-bond donors (Lipinski definition) is 2. The summed E-state index contributed by atoms with van der Waals surface area (Å²) in [6.45, 7) is 4.00. The monoisotopic (exact) mass is 317 g/mol. The summed E-state index contributed by atoms with van der Waals surface area (Å²) in [5.74, 6) is -1.01. The quantitative estimate of drug-likeness (QED) is 0.883.